The number of amides is 2. The molecule has 8 nitrogen and oxygen atoms in total. The number of aromatic carboxylic acids is 1. The summed E-state index contributed by atoms with van der Waals surface area (Å²) in [6.45, 7) is 1.57. The fourth-order valence-corrected chi connectivity index (χ4v) is 4.23. The number of Topliss-reactive ketones (excluding diaryl/α,β-unsaturated/α-hetero) is 1. The number of ether oxygens (including phenoxy) is 1. The maximum Gasteiger partial charge on any atom is 0.338 e. The Bertz CT molecular complexity index is 1060. The van der Waals surface area contributed by atoms with Crippen molar-refractivity contribution in [2.45, 2.75) is 44.9 Å². The molecule has 0 spiro atoms. The molecule has 0 aliphatic carbocycles. The molecule has 0 unspecified atom stereocenters. The second-order valence-corrected chi connectivity index (χ2v) is 8.54. The lowest BCUT2D eigenvalue weighted by molar-refractivity contribution is -0.148. The molecule has 1 aromatic carbocycles. The van der Waals surface area contributed by atoms with Gasteiger partial charge in [-0.1, -0.05) is 18.5 Å². The molecular formula is C24H26ClNO7. The van der Waals surface area contributed by atoms with Crippen LogP contribution in [-0.2, 0) is 20.8 Å². The number of ketones is 1. The van der Waals surface area contributed by atoms with Crippen molar-refractivity contribution in [1.82, 2.24) is 4.90 Å². The van der Waals surface area contributed by atoms with Gasteiger partial charge in [-0.05, 0) is 49.1 Å². The van der Waals surface area contributed by atoms with Crippen LogP contribution in [0.2, 0.25) is 5.02 Å². The Morgan fingerprint density at radius 2 is 2.06 bits per heavy atom. The van der Waals surface area contributed by atoms with Crippen molar-refractivity contribution in [2.75, 3.05) is 13.7 Å². The van der Waals surface area contributed by atoms with E-state index in [1.165, 1.54) is 13.2 Å². The Kier molecular flexibility index (Phi) is 7.92. The van der Waals surface area contributed by atoms with Gasteiger partial charge in [0.1, 0.15) is 17.8 Å². The first kappa shape index (κ1) is 24.5. The summed E-state index contributed by atoms with van der Waals surface area (Å²) >= 11 is 6.11. The van der Waals surface area contributed by atoms with E-state index >= 15 is 0 Å². The number of carbonyl (C=O) groups is 4. The van der Waals surface area contributed by atoms with Crippen LogP contribution in [0, 0.1) is 5.92 Å². The molecule has 1 aliphatic rings. The average Bonchev–Trinajstić information content (AvgIpc) is 3.23. The maximum atomic E-state index is 13.3. The molecule has 176 valence electrons. The number of hydrogen-bond acceptors (Lipinski definition) is 6. The van der Waals surface area contributed by atoms with Crippen LogP contribution in [0.25, 0.3) is 0 Å². The second kappa shape index (κ2) is 10.7. The highest BCUT2D eigenvalue weighted by atomic mass is 35.5. The van der Waals surface area contributed by atoms with E-state index in [0.29, 0.717) is 29.4 Å². The zero-order valence-corrected chi connectivity index (χ0v) is 19.3. The first-order chi connectivity index (χ1) is 15.7. The van der Waals surface area contributed by atoms with E-state index in [4.69, 9.17) is 25.9 Å². The third-order valence-electron chi connectivity index (χ3n) is 5.91. The van der Waals surface area contributed by atoms with Crippen LogP contribution in [0.15, 0.2) is 34.9 Å². The van der Waals surface area contributed by atoms with E-state index in [9.17, 15) is 19.2 Å². The summed E-state index contributed by atoms with van der Waals surface area (Å²) in [5.74, 6) is -2.25. The van der Waals surface area contributed by atoms with E-state index < -0.39 is 29.6 Å². The van der Waals surface area contributed by atoms with Crippen molar-refractivity contribution >= 4 is 35.2 Å². The number of methoxy groups -OCH3 is 1. The molecule has 1 saturated heterocycles. The zero-order chi connectivity index (χ0) is 24.1. The molecule has 1 N–H and O–H groups in total. The molecule has 0 bridgehead atoms. The maximum absolute atomic E-state index is 13.3. The molecule has 0 saturated carbocycles. The van der Waals surface area contributed by atoms with Crippen molar-refractivity contribution in [3.63, 3.8) is 0 Å². The minimum atomic E-state index is -1.13. The standard InChI is InChI=1S/C24H26ClNO7/c1-3-14(21-10-17(13-33-21)24(30)31)11-22(28)26-12-19(27)6-4-15(23(26)29)8-16-9-18(25)5-7-20(16)32-2/h5,7,9-10,13-15H,3-4,6,8,11-12H2,1-2H3,(H,30,31)/t14-,15-/m0/s1. The molecule has 9 heteroatoms. The fraction of sp³-hybridized carbons (Fsp3) is 0.417. The lowest BCUT2D eigenvalue weighted by Gasteiger charge is -2.24. The highest BCUT2D eigenvalue weighted by Gasteiger charge is 2.35. The van der Waals surface area contributed by atoms with Crippen molar-refractivity contribution in [2.24, 2.45) is 5.92 Å². The molecule has 1 fully saturated rings. The third kappa shape index (κ3) is 5.82. The minimum absolute atomic E-state index is 0.00698. The van der Waals surface area contributed by atoms with Crippen molar-refractivity contribution < 1.29 is 33.4 Å². The summed E-state index contributed by atoms with van der Waals surface area (Å²) in [6.07, 6.45) is 2.36. The third-order valence-corrected chi connectivity index (χ3v) is 6.15. The molecule has 2 aromatic rings. The predicted octanol–water partition coefficient (Wildman–Crippen LogP) is 4.10. The first-order valence-corrected chi connectivity index (χ1v) is 11.1. The normalized spacial score (nSPS) is 17.5. The van der Waals surface area contributed by atoms with Crippen LogP contribution >= 0.6 is 11.6 Å². The van der Waals surface area contributed by atoms with Gasteiger partial charge in [-0.15, -0.1) is 0 Å². The van der Waals surface area contributed by atoms with Crippen molar-refractivity contribution in [3.8, 4) is 5.75 Å². The number of benzene rings is 1. The SMILES string of the molecule is CC[C@@H](CC(=O)N1CC(=O)CC[C@@H](Cc2cc(Cl)ccc2OC)C1=O)c1cc(C(=O)O)co1. The van der Waals surface area contributed by atoms with Gasteiger partial charge < -0.3 is 14.3 Å². The number of halogens is 1. The van der Waals surface area contributed by atoms with Crippen LogP contribution in [0.3, 0.4) is 0 Å². The highest BCUT2D eigenvalue weighted by molar-refractivity contribution is 6.30. The molecule has 3 rings (SSSR count). The Balaban J connectivity index is 1.79. The van der Waals surface area contributed by atoms with E-state index in [-0.39, 0.29) is 37.2 Å². The summed E-state index contributed by atoms with van der Waals surface area (Å²) in [4.78, 5) is 50.9. The first-order valence-electron chi connectivity index (χ1n) is 10.7. The monoisotopic (exact) mass is 475 g/mol. The molecule has 0 radical (unpaired) electrons. The van der Waals surface area contributed by atoms with Gasteiger partial charge in [-0.25, -0.2) is 4.79 Å². The topological polar surface area (TPSA) is 114 Å². The summed E-state index contributed by atoms with van der Waals surface area (Å²) in [6, 6.07) is 6.50. The van der Waals surface area contributed by atoms with E-state index in [0.717, 1.165) is 16.7 Å². The van der Waals surface area contributed by atoms with Gasteiger partial charge in [0.25, 0.3) is 0 Å². The van der Waals surface area contributed by atoms with Crippen molar-refractivity contribution in [3.05, 3.63) is 52.4 Å². The number of imide groups is 1. The smallest absolute Gasteiger partial charge is 0.338 e. The lowest BCUT2D eigenvalue weighted by atomic mass is 9.93. The van der Waals surface area contributed by atoms with E-state index in [1.807, 2.05) is 6.92 Å². The Morgan fingerprint density at radius 1 is 1.30 bits per heavy atom. The molecule has 2 heterocycles. The number of likely N-dealkylation sites (tertiary alicyclic amines) is 1. The largest absolute Gasteiger partial charge is 0.496 e. The number of carbonyl (C=O) groups excluding carboxylic acids is 3. The summed E-state index contributed by atoms with van der Waals surface area (Å²) in [7, 11) is 1.52. The van der Waals surface area contributed by atoms with Crippen LogP contribution in [0.4, 0.5) is 0 Å². The summed E-state index contributed by atoms with van der Waals surface area (Å²) in [5, 5.41) is 9.60. The minimum Gasteiger partial charge on any atom is -0.496 e. The summed E-state index contributed by atoms with van der Waals surface area (Å²) in [5.41, 5.74) is 0.723. The average molecular weight is 476 g/mol. The van der Waals surface area contributed by atoms with Crippen LogP contribution in [0.1, 0.15) is 60.2 Å². The molecule has 33 heavy (non-hydrogen) atoms. The van der Waals surface area contributed by atoms with Crippen LogP contribution in [-0.4, -0.2) is 47.2 Å². The number of rotatable bonds is 8. The number of carboxylic acid groups (broad SMARTS) is 1. The fourth-order valence-electron chi connectivity index (χ4n) is 4.03. The molecule has 2 amide bonds. The number of carboxylic acids is 1. The highest BCUT2D eigenvalue weighted by Crippen LogP contribution is 2.30. The molecule has 2 atom stereocenters. The lowest BCUT2D eigenvalue weighted by Crippen LogP contribution is -2.42. The van der Waals surface area contributed by atoms with E-state index in [1.54, 1.807) is 18.2 Å². The molecular weight excluding hydrogens is 450 g/mol. The van der Waals surface area contributed by atoms with Gasteiger partial charge in [-0.3, -0.25) is 19.3 Å². The van der Waals surface area contributed by atoms with Gasteiger partial charge in [0.05, 0.1) is 19.2 Å². The van der Waals surface area contributed by atoms with Gasteiger partial charge in [0.2, 0.25) is 11.8 Å². The van der Waals surface area contributed by atoms with Gasteiger partial charge in [0.15, 0.2) is 5.78 Å². The Labute approximate surface area is 196 Å². The van der Waals surface area contributed by atoms with Gasteiger partial charge in [-0.2, -0.15) is 0 Å². The van der Waals surface area contributed by atoms with Gasteiger partial charge in [0, 0.05) is 29.7 Å². The quantitative estimate of drug-likeness (QED) is 0.611. The zero-order valence-electron chi connectivity index (χ0n) is 18.5. The van der Waals surface area contributed by atoms with Crippen LogP contribution < -0.4 is 4.74 Å². The predicted molar refractivity (Wildman–Crippen MR) is 119 cm³/mol. The van der Waals surface area contributed by atoms with E-state index in [2.05, 4.69) is 0 Å². The number of furan rings is 1. The Hall–Kier alpha value is -3.13. The number of hydrogen-bond donors (Lipinski definition) is 1. The van der Waals surface area contributed by atoms with Crippen LogP contribution in [0.5, 0.6) is 5.75 Å². The molecule has 1 aliphatic heterocycles. The van der Waals surface area contributed by atoms with Gasteiger partial charge >= 0.3 is 5.97 Å². The molecule has 1 aromatic heterocycles. The van der Waals surface area contributed by atoms with Crippen molar-refractivity contribution in [1.29, 1.82) is 0 Å². The Morgan fingerprint density at radius 3 is 2.70 bits per heavy atom. The second-order valence-electron chi connectivity index (χ2n) is 8.10. The summed E-state index contributed by atoms with van der Waals surface area (Å²) < 4.78 is 10.7. The number of nitrogens with zero attached hydrogens (tertiary/aromatic N) is 1.